The van der Waals surface area contributed by atoms with E-state index in [-0.39, 0.29) is 25.7 Å². The van der Waals surface area contributed by atoms with Crippen molar-refractivity contribution in [3.63, 3.8) is 0 Å². The number of phosphoric ester groups is 2. The second-order valence-electron chi connectivity index (χ2n) is 28.8. The van der Waals surface area contributed by atoms with E-state index in [1.807, 2.05) is 0 Å². The number of aliphatic hydroxyl groups is 1. The quantitative estimate of drug-likeness (QED) is 0.0222. The summed E-state index contributed by atoms with van der Waals surface area (Å²) < 4.78 is 68.6. The molecule has 3 unspecified atom stereocenters. The summed E-state index contributed by atoms with van der Waals surface area (Å²) in [5, 5.41) is 10.6. The highest BCUT2D eigenvalue weighted by atomic mass is 31.2. The SMILES string of the molecule is CCCCCCCCCCCCCCCCCCCCCCC(=O)O[C@H](COC(=O)CCCCCCCCCCCCC(C)CC)COP(=O)(O)OC[C@@H](O)COP(=O)(O)OC[C@@H](COC(=O)CCCCCCCCC(C)C)OC(=O)CCCCCCCCCCCCCCCC. The topological polar surface area (TPSA) is 237 Å². The smallest absolute Gasteiger partial charge is 0.462 e. The van der Waals surface area contributed by atoms with Crippen LogP contribution < -0.4 is 0 Å². The lowest BCUT2D eigenvalue weighted by Gasteiger charge is -2.21. The van der Waals surface area contributed by atoms with Crippen LogP contribution in [0.4, 0.5) is 0 Å². The molecule has 0 aromatic heterocycles. The van der Waals surface area contributed by atoms with Crippen LogP contribution in [0.15, 0.2) is 0 Å². The Hall–Kier alpha value is -1.94. The molecule has 6 atom stereocenters. The van der Waals surface area contributed by atoms with Crippen LogP contribution >= 0.6 is 15.6 Å². The van der Waals surface area contributed by atoms with Gasteiger partial charge in [-0.1, -0.05) is 356 Å². The van der Waals surface area contributed by atoms with Gasteiger partial charge in [-0.25, -0.2) is 9.13 Å². The summed E-state index contributed by atoms with van der Waals surface area (Å²) in [5.41, 5.74) is 0. The largest absolute Gasteiger partial charge is 0.472 e. The molecule has 0 heterocycles. The Morgan fingerprint density at radius 2 is 0.526 bits per heavy atom. The molecule has 0 aromatic carbocycles. The van der Waals surface area contributed by atoms with E-state index in [4.69, 9.17) is 37.0 Å². The first-order chi connectivity index (χ1) is 46.9. The first-order valence-electron chi connectivity index (χ1n) is 40.5. The third kappa shape index (κ3) is 70.9. The zero-order chi connectivity index (χ0) is 71.4. The van der Waals surface area contributed by atoms with Crippen LogP contribution in [0.5, 0.6) is 0 Å². The number of unbranched alkanes of at least 4 members (excludes halogenated alkanes) is 46. The maximum Gasteiger partial charge on any atom is 0.472 e. The Morgan fingerprint density at radius 1 is 0.299 bits per heavy atom. The molecule has 3 N–H and O–H groups in total. The number of aliphatic hydroxyl groups excluding tert-OH is 1. The number of ether oxygens (including phenoxy) is 4. The molecule has 0 spiro atoms. The second-order valence-corrected chi connectivity index (χ2v) is 31.7. The van der Waals surface area contributed by atoms with Crippen LogP contribution in [0.3, 0.4) is 0 Å². The van der Waals surface area contributed by atoms with Crippen molar-refractivity contribution in [2.75, 3.05) is 39.6 Å². The van der Waals surface area contributed by atoms with Crippen LogP contribution in [-0.4, -0.2) is 96.7 Å². The van der Waals surface area contributed by atoms with Crippen molar-refractivity contribution in [2.24, 2.45) is 11.8 Å². The third-order valence-corrected chi connectivity index (χ3v) is 20.5. The number of carbonyl (C=O) groups is 4. The molecule has 0 aliphatic heterocycles. The summed E-state index contributed by atoms with van der Waals surface area (Å²) in [4.78, 5) is 72.9. The van der Waals surface area contributed by atoms with Crippen molar-refractivity contribution in [3.8, 4) is 0 Å². The van der Waals surface area contributed by atoms with Gasteiger partial charge in [0.05, 0.1) is 26.4 Å². The van der Waals surface area contributed by atoms with Gasteiger partial charge in [0, 0.05) is 25.7 Å². The highest BCUT2D eigenvalue weighted by molar-refractivity contribution is 7.47. The van der Waals surface area contributed by atoms with Crippen LogP contribution in [-0.2, 0) is 65.4 Å². The van der Waals surface area contributed by atoms with E-state index >= 15 is 0 Å². The molecule has 0 radical (unpaired) electrons. The lowest BCUT2D eigenvalue weighted by molar-refractivity contribution is -0.161. The van der Waals surface area contributed by atoms with E-state index in [9.17, 15) is 43.2 Å². The van der Waals surface area contributed by atoms with Gasteiger partial charge in [-0.3, -0.25) is 37.3 Å². The molecular weight excluding hydrogens is 1270 g/mol. The van der Waals surface area contributed by atoms with E-state index in [1.165, 1.54) is 218 Å². The number of rotatable bonds is 77. The minimum absolute atomic E-state index is 0.107. The Morgan fingerprint density at radius 3 is 0.784 bits per heavy atom. The van der Waals surface area contributed by atoms with E-state index in [1.54, 1.807) is 0 Å². The molecule has 576 valence electrons. The lowest BCUT2D eigenvalue weighted by Crippen LogP contribution is -2.30. The highest BCUT2D eigenvalue weighted by Crippen LogP contribution is 2.45. The van der Waals surface area contributed by atoms with Gasteiger partial charge in [0.15, 0.2) is 12.2 Å². The van der Waals surface area contributed by atoms with Crippen molar-refractivity contribution in [1.29, 1.82) is 0 Å². The minimum atomic E-state index is -4.96. The molecule has 0 saturated heterocycles. The van der Waals surface area contributed by atoms with Crippen LogP contribution in [0, 0.1) is 11.8 Å². The first kappa shape index (κ1) is 95.1. The predicted octanol–water partition coefficient (Wildman–Crippen LogP) is 23.1. The van der Waals surface area contributed by atoms with Gasteiger partial charge in [0.25, 0.3) is 0 Å². The van der Waals surface area contributed by atoms with E-state index in [0.717, 1.165) is 102 Å². The average Bonchev–Trinajstić information content (AvgIpc) is 1.14. The van der Waals surface area contributed by atoms with Gasteiger partial charge in [0.1, 0.15) is 19.3 Å². The molecule has 17 nitrogen and oxygen atoms in total. The van der Waals surface area contributed by atoms with Gasteiger partial charge in [-0.05, 0) is 37.5 Å². The van der Waals surface area contributed by atoms with Crippen LogP contribution in [0.25, 0.3) is 0 Å². The first-order valence-corrected chi connectivity index (χ1v) is 43.5. The van der Waals surface area contributed by atoms with Gasteiger partial charge in [0.2, 0.25) is 0 Å². The normalized spacial score (nSPS) is 14.2. The summed E-state index contributed by atoms with van der Waals surface area (Å²) in [5.74, 6) is -0.625. The maximum atomic E-state index is 13.1. The maximum absolute atomic E-state index is 13.1. The fourth-order valence-electron chi connectivity index (χ4n) is 12.0. The average molecular weight is 1420 g/mol. The fraction of sp³-hybridized carbons (Fsp3) is 0.949. The van der Waals surface area contributed by atoms with Gasteiger partial charge >= 0.3 is 39.5 Å². The van der Waals surface area contributed by atoms with Crippen molar-refractivity contribution in [2.45, 2.75) is 426 Å². The summed E-state index contributed by atoms with van der Waals surface area (Å²) >= 11 is 0. The minimum Gasteiger partial charge on any atom is -0.462 e. The fourth-order valence-corrected chi connectivity index (χ4v) is 13.6. The third-order valence-electron chi connectivity index (χ3n) is 18.6. The number of hydrogen-bond donors (Lipinski definition) is 3. The summed E-state index contributed by atoms with van der Waals surface area (Å²) in [6, 6.07) is 0. The summed E-state index contributed by atoms with van der Waals surface area (Å²) in [6.45, 7) is 9.56. The van der Waals surface area contributed by atoms with E-state index < -0.39 is 97.5 Å². The Kier molecular flexibility index (Phi) is 68.4. The molecule has 0 saturated carbocycles. The standard InChI is InChI=1S/C78H152O17P2/c1-7-10-12-14-16-18-20-22-24-25-26-27-28-29-31-33-39-43-51-57-63-77(82)94-73(66-88-75(80)60-54-48-41-37-35-34-36-40-47-53-59-71(6)9-3)68-92-96(84,85)90-64-72(79)65-91-97(86,87)93-69-74(67-89-76(81)61-55-49-45-44-46-52-58-70(4)5)95-78(83)62-56-50-42-38-32-30-23-21-19-17-15-13-11-8-2/h70-74,79H,7-69H2,1-6H3,(H,84,85)(H,86,87)/t71?,72-,73-,74-/m1/s1. The molecule has 0 fully saturated rings. The summed E-state index contributed by atoms with van der Waals surface area (Å²) in [6.07, 6.45) is 58.4. The zero-order valence-electron chi connectivity index (χ0n) is 63.4. The molecule has 0 aliphatic carbocycles. The molecule has 0 aromatic rings. The lowest BCUT2D eigenvalue weighted by atomic mass is 9.99. The Balaban J connectivity index is 5.22. The monoisotopic (exact) mass is 1420 g/mol. The second kappa shape index (κ2) is 69.8. The molecule has 19 heteroatoms. The number of phosphoric acid groups is 2. The molecule has 97 heavy (non-hydrogen) atoms. The highest BCUT2D eigenvalue weighted by Gasteiger charge is 2.30. The molecule has 0 rings (SSSR count). The molecule has 0 aliphatic rings. The van der Waals surface area contributed by atoms with Gasteiger partial charge in [-0.15, -0.1) is 0 Å². The van der Waals surface area contributed by atoms with Gasteiger partial charge in [-0.2, -0.15) is 0 Å². The Bertz CT molecular complexity index is 1870. The van der Waals surface area contributed by atoms with Crippen LogP contribution in [0.2, 0.25) is 0 Å². The van der Waals surface area contributed by atoms with Crippen molar-refractivity contribution in [3.05, 3.63) is 0 Å². The van der Waals surface area contributed by atoms with E-state index in [0.29, 0.717) is 31.6 Å². The molecular formula is C78H152O17P2. The number of carbonyl (C=O) groups excluding carboxylic acids is 4. The van der Waals surface area contributed by atoms with Crippen molar-refractivity contribution < 1.29 is 80.2 Å². The zero-order valence-corrected chi connectivity index (χ0v) is 65.2. The molecule has 0 amide bonds. The molecule has 0 bridgehead atoms. The summed E-state index contributed by atoms with van der Waals surface area (Å²) in [7, 11) is -9.91. The number of esters is 4. The Labute approximate surface area is 594 Å². The van der Waals surface area contributed by atoms with Crippen molar-refractivity contribution >= 4 is 39.5 Å². The number of hydrogen-bond acceptors (Lipinski definition) is 15. The van der Waals surface area contributed by atoms with E-state index in [2.05, 4.69) is 41.5 Å². The van der Waals surface area contributed by atoms with Gasteiger partial charge < -0.3 is 33.8 Å². The van der Waals surface area contributed by atoms with Crippen molar-refractivity contribution in [1.82, 2.24) is 0 Å². The van der Waals surface area contributed by atoms with Crippen LogP contribution in [0.1, 0.15) is 408 Å². The predicted molar refractivity (Wildman–Crippen MR) is 395 cm³/mol.